The van der Waals surface area contributed by atoms with Gasteiger partial charge in [-0.3, -0.25) is 9.59 Å². The maximum absolute atomic E-state index is 12.6. The van der Waals surface area contributed by atoms with Crippen molar-refractivity contribution in [2.75, 3.05) is 14.2 Å². The van der Waals surface area contributed by atoms with Gasteiger partial charge < -0.3 is 14.2 Å². The fraction of sp³-hybridized carbons (Fsp3) is 0.182. The third kappa shape index (κ3) is 2.63. The molecular weight excluding hydrogens is 344 g/mol. The van der Waals surface area contributed by atoms with Gasteiger partial charge in [0.2, 0.25) is 0 Å². The zero-order valence-electron chi connectivity index (χ0n) is 15.0. The number of methoxy groups -OCH3 is 2. The molecule has 4 rings (SSSR count). The molecule has 0 amide bonds. The topological polar surface area (TPSA) is 61.8 Å². The molecule has 2 atom stereocenters. The first kappa shape index (κ1) is 17.1. The van der Waals surface area contributed by atoms with E-state index in [1.165, 1.54) is 14.2 Å². The number of rotatable bonds is 4. The molecule has 1 heterocycles. The van der Waals surface area contributed by atoms with E-state index in [0.29, 0.717) is 22.7 Å². The van der Waals surface area contributed by atoms with Crippen molar-refractivity contribution in [2.24, 2.45) is 11.8 Å². The number of carbonyl (C=O) groups is 2. The second-order valence-electron chi connectivity index (χ2n) is 6.32. The Kier molecular flexibility index (Phi) is 4.28. The summed E-state index contributed by atoms with van der Waals surface area (Å²) < 4.78 is 16.4. The fourth-order valence-electron chi connectivity index (χ4n) is 3.86. The minimum Gasteiger partial charge on any atom is -0.493 e. The Morgan fingerprint density at radius 1 is 0.667 bits per heavy atom. The summed E-state index contributed by atoms with van der Waals surface area (Å²) in [5, 5.41) is 0. The second-order valence-corrected chi connectivity index (χ2v) is 6.32. The van der Waals surface area contributed by atoms with Gasteiger partial charge in [-0.15, -0.1) is 0 Å². The van der Waals surface area contributed by atoms with Crippen LogP contribution in [-0.4, -0.2) is 26.2 Å². The van der Waals surface area contributed by atoms with Crippen molar-refractivity contribution in [3.8, 4) is 0 Å². The van der Waals surface area contributed by atoms with E-state index in [9.17, 15) is 9.59 Å². The van der Waals surface area contributed by atoms with Crippen LogP contribution in [0.15, 0.2) is 72.2 Å². The molecule has 1 saturated heterocycles. The molecule has 0 spiro atoms. The fourth-order valence-corrected chi connectivity index (χ4v) is 3.86. The lowest BCUT2D eigenvalue weighted by Crippen LogP contribution is -2.28. The van der Waals surface area contributed by atoms with E-state index in [1.807, 2.05) is 60.7 Å². The average Bonchev–Trinajstić information content (AvgIpc) is 3.01. The van der Waals surface area contributed by atoms with Crippen molar-refractivity contribution in [2.45, 2.75) is 0 Å². The number of benzene rings is 2. The van der Waals surface area contributed by atoms with Crippen LogP contribution in [0.5, 0.6) is 0 Å². The summed E-state index contributed by atoms with van der Waals surface area (Å²) in [5.74, 6) is -1.80. The van der Waals surface area contributed by atoms with Crippen molar-refractivity contribution in [3.63, 3.8) is 0 Å². The van der Waals surface area contributed by atoms with Crippen molar-refractivity contribution >= 4 is 23.1 Å². The summed E-state index contributed by atoms with van der Waals surface area (Å²) in [4.78, 5) is 25.3. The van der Waals surface area contributed by atoms with Crippen molar-refractivity contribution < 1.29 is 23.8 Å². The van der Waals surface area contributed by atoms with Gasteiger partial charge in [-0.1, -0.05) is 60.7 Å². The lowest BCUT2D eigenvalue weighted by atomic mass is 9.73. The Hall–Kier alpha value is -3.34. The molecule has 5 heteroatoms. The van der Waals surface area contributed by atoms with Crippen LogP contribution in [-0.2, 0) is 23.8 Å². The van der Waals surface area contributed by atoms with Crippen molar-refractivity contribution in [3.05, 3.63) is 83.3 Å². The molecule has 0 saturated carbocycles. The highest BCUT2D eigenvalue weighted by Gasteiger charge is 2.54. The van der Waals surface area contributed by atoms with Crippen LogP contribution in [0.1, 0.15) is 11.1 Å². The Morgan fingerprint density at radius 2 is 1.04 bits per heavy atom. The van der Waals surface area contributed by atoms with E-state index in [-0.39, 0.29) is 0 Å². The monoisotopic (exact) mass is 362 g/mol. The SMILES string of the molecule is COC1=C(c2ccccc2)[C@H]2C(=O)OC(=O)[C@H]2C(c2ccccc2)=C1OC. The molecule has 27 heavy (non-hydrogen) atoms. The van der Waals surface area contributed by atoms with Crippen molar-refractivity contribution in [1.29, 1.82) is 0 Å². The van der Waals surface area contributed by atoms with Crippen LogP contribution in [0.4, 0.5) is 0 Å². The van der Waals surface area contributed by atoms with Gasteiger partial charge >= 0.3 is 11.9 Å². The maximum atomic E-state index is 12.6. The van der Waals surface area contributed by atoms with Gasteiger partial charge in [-0.05, 0) is 11.1 Å². The smallest absolute Gasteiger partial charge is 0.322 e. The van der Waals surface area contributed by atoms with E-state index in [0.717, 1.165) is 11.1 Å². The van der Waals surface area contributed by atoms with Gasteiger partial charge in [0.05, 0.1) is 14.2 Å². The highest BCUT2D eigenvalue weighted by Crippen LogP contribution is 2.51. The Bertz CT molecular complexity index is 877. The second kappa shape index (κ2) is 6.76. The van der Waals surface area contributed by atoms with Gasteiger partial charge in [0.25, 0.3) is 0 Å². The molecule has 0 bridgehead atoms. The first-order chi connectivity index (χ1) is 13.2. The van der Waals surface area contributed by atoms with E-state index in [4.69, 9.17) is 14.2 Å². The predicted molar refractivity (Wildman–Crippen MR) is 98.8 cm³/mol. The number of fused-ring (bicyclic) bond motifs is 1. The van der Waals surface area contributed by atoms with Crippen LogP contribution >= 0.6 is 0 Å². The molecule has 0 unspecified atom stereocenters. The summed E-state index contributed by atoms with van der Waals surface area (Å²) in [7, 11) is 3.06. The Balaban J connectivity index is 2.06. The van der Waals surface area contributed by atoms with Crippen LogP contribution in [0.2, 0.25) is 0 Å². The predicted octanol–water partition coefficient (Wildman–Crippen LogP) is 3.43. The van der Waals surface area contributed by atoms with Crippen molar-refractivity contribution in [1.82, 2.24) is 0 Å². The van der Waals surface area contributed by atoms with Crippen LogP contribution in [0.3, 0.4) is 0 Å². The first-order valence-electron chi connectivity index (χ1n) is 8.60. The molecule has 2 aromatic rings. The minimum atomic E-state index is -0.774. The summed E-state index contributed by atoms with van der Waals surface area (Å²) in [5.41, 5.74) is 2.79. The summed E-state index contributed by atoms with van der Waals surface area (Å²) >= 11 is 0. The lowest BCUT2D eigenvalue weighted by Gasteiger charge is -2.30. The van der Waals surface area contributed by atoms with Crippen LogP contribution in [0.25, 0.3) is 11.1 Å². The first-order valence-corrected chi connectivity index (χ1v) is 8.60. The average molecular weight is 362 g/mol. The number of carbonyl (C=O) groups excluding carboxylic acids is 2. The van der Waals surface area contributed by atoms with Gasteiger partial charge in [-0.2, -0.15) is 0 Å². The van der Waals surface area contributed by atoms with Gasteiger partial charge in [0.1, 0.15) is 11.8 Å². The summed E-state index contributed by atoms with van der Waals surface area (Å²) in [6, 6.07) is 18.8. The number of hydrogen-bond acceptors (Lipinski definition) is 5. The molecule has 5 nitrogen and oxygen atoms in total. The highest BCUT2D eigenvalue weighted by atomic mass is 16.6. The summed E-state index contributed by atoms with van der Waals surface area (Å²) in [6.07, 6.45) is 0. The normalized spacial score (nSPS) is 21.9. The molecule has 2 aliphatic rings. The quantitative estimate of drug-likeness (QED) is 0.616. The number of cyclic esters (lactones) is 2. The Labute approximate surface area is 156 Å². The molecule has 1 aliphatic heterocycles. The summed E-state index contributed by atoms with van der Waals surface area (Å²) in [6.45, 7) is 0. The third-order valence-corrected chi connectivity index (χ3v) is 4.94. The van der Waals surface area contributed by atoms with E-state index >= 15 is 0 Å². The van der Waals surface area contributed by atoms with Gasteiger partial charge in [0.15, 0.2) is 11.5 Å². The zero-order chi connectivity index (χ0) is 19.0. The number of esters is 2. The molecule has 0 radical (unpaired) electrons. The van der Waals surface area contributed by atoms with Crippen LogP contribution < -0.4 is 0 Å². The van der Waals surface area contributed by atoms with Gasteiger partial charge in [-0.25, -0.2) is 0 Å². The molecular formula is C22H18O5. The minimum absolute atomic E-state index is 0.440. The third-order valence-electron chi connectivity index (χ3n) is 4.94. The standard InChI is InChI=1S/C22H18O5/c1-25-19-15(13-9-5-3-6-10-13)17-18(22(24)27-21(17)23)16(20(19)26-2)14-11-7-4-8-12-14/h3-12,17-18H,1-2H3/t17-,18+. The van der Waals surface area contributed by atoms with E-state index in [1.54, 1.807) is 0 Å². The Morgan fingerprint density at radius 3 is 1.37 bits per heavy atom. The molecule has 1 aliphatic carbocycles. The lowest BCUT2D eigenvalue weighted by molar-refractivity contribution is -0.153. The zero-order valence-corrected chi connectivity index (χ0v) is 15.0. The molecule has 136 valence electrons. The molecule has 2 aromatic carbocycles. The number of hydrogen-bond donors (Lipinski definition) is 0. The van der Waals surface area contributed by atoms with Gasteiger partial charge in [0, 0.05) is 11.1 Å². The van der Waals surface area contributed by atoms with E-state index in [2.05, 4.69) is 0 Å². The van der Waals surface area contributed by atoms with E-state index < -0.39 is 23.8 Å². The number of ether oxygens (including phenoxy) is 3. The largest absolute Gasteiger partial charge is 0.493 e. The van der Waals surface area contributed by atoms with Crippen LogP contribution in [0, 0.1) is 11.8 Å². The maximum Gasteiger partial charge on any atom is 0.322 e. The highest BCUT2D eigenvalue weighted by molar-refractivity contribution is 6.11. The molecule has 0 aromatic heterocycles. The molecule has 1 fully saturated rings. The molecule has 0 N–H and O–H groups in total.